The zero-order chi connectivity index (χ0) is 15.9. The standard InChI is InChI=1S/C12H9ClN4O3S2/c13-8-4-6(10(18)9-7(8)2-1-3-15-9)5-22(19,20)12-16-11(14)17-21-12/h1-4,18H,5H2,(H2,14,17). The zero-order valence-electron chi connectivity index (χ0n) is 10.9. The third-order valence-electron chi connectivity index (χ3n) is 2.93. The van der Waals surface area contributed by atoms with Crippen LogP contribution in [-0.2, 0) is 15.6 Å². The van der Waals surface area contributed by atoms with Gasteiger partial charge in [-0.1, -0.05) is 11.6 Å². The summed E-state index contributed by atoms with van der Waals surface area (Å²) in [5.74, 6) is -0.799. The summed E-state index contributed by atoms with van der Waals surface area (Å²) in [6.45, 7) is 0. The number of nitrogen functional groups attached to an aromatic ring is 1. The van der Waals surface area contributed by atoms with Crippen LogP contribution in [-0.4, -0.2) is 27.9 Å². The Kier molecular flexibility index (Phi) is 3.63. The molecule has 0 aliphatic heterocycles. The summed E-state index contributed by atoms with van der Waals surface area (Å²) >= 11 is 6.81. The van der Waals surface area contributed by atoms with Crippen LogP contribution in [0.25, 0.3) is 10.9 Å². The van der Waals surface area contributed by atoms with Gasteiger partial charge < -0.3 is 10.8 Å². The van der Waals surface area contributed by atoms with Gasteiger partial charge >= 0.3 is 0 Å². The number of halogens is 1. The molecule has 0 aliphatic rings. The number of nitrogens with two attached hydrogens (primary N) is 1. The van der Waals surface area contributed by atoms with E-state index >= 15 is 0 Å². The Bertz CT molecular complexity index is 972. The number of pyridine rings is 1. The van der Waals surface area contributed by atoms with Gasteiger partial charge in [-0.05, 0) is 18.2 Å². The van der Waals surface area contributed by atoms with Crippen molar-refractivity contribution in [3.8, 4) is 5.75 Å². The number of rotatable bonds is 3. The molecule has 10 heteroatoms. The van der Waals surface area contributed by atoms with Crippen LogP contribution < -0.4 is 5.73 Å². The molecule has 0 radical (unpaired) electrons. The Balaban J connectivity index is 2.10. The molecule has 3 aromatic rings. The number of hydrogen-bond acceptors (Lipinski definition) is 8. The molecule has 22 heavy (non-hydrogen) atoms. The fourth-order valence-corrected chi connectivity index (χ4v) is 4.32. The summed E-state index contributed by atoms with van der Waals surface area (Å²) in [4.78, 5) is 7.69. The Hall–Kier alpha value is -1.97. The van der Waals surface area contributed by atoms with E-state index in [1.165, 1.54) is 12.3 Å². The van der Waals surface area contributed by atoms with Crippen molar-refractivity contribution < 1.29 is 13.5 Å². The smallest absolute Gasteiger partial charge is 0.233 e. The van der Waals surface area contributed by atoms with Crippen molar-refractivity contribution in [2.45, 2.75) is 10.1 Å². The maximum Gasteiger partial charge on any atom is 0.233 e. The lowest BCUT2D eigenvalue weighted by Crippen LogP contribution is -2.05. The minimum Gasteiger partial charge on any atom is -0.505 e. The van der Waals surface area contributed by atoms with Crippen LogP contribution in [0.1, 0.15) is 5.56 Å². The lowest BCUT2D eigenvalue weighted by molar-refractivity contribution is 0.475. The summed E-state index contributed by atoms with van der Waals surface area (Å²) < 4.78 is 28.0. The number of phenols is 1. The van der Waals surface area contributed by atoms with Crippen LogP contribution in [0.4, 0.5) is 5.95 Å². The zero-order valence-corrected chi connectivity index (χ0v) is 13.3. The number of phenolic OH excluding ortho intramolecular Hbond substituents is 1. The number of anilines is 1. The van der Waals surface area contributed by atoms with Crippen molar-refractivity contribution in [2.75, 3.05) is 5.73 Å². The van der Waals surface area contributed by atoms with Gasteiger partial charge in [0.2, 0.25) is 20.1 Å². The van der Waals surface area contributed by atoms with Crippen LogP contribution >= 0.6 is 23.1 Å². The second kappa shape index (κ2) is 5.34. The summed E-state index contributed by atoms with van der Waals surface area (Å²) in [6.07, 6.45) is 1.49. The number of hydrogen-bond donors (Lipinski definition) is 2. The SMILES string of the molecule is Nc1nsc(S(=O)(=O)Cc2cc(Cl)c3cccnc3c2O)n1. The van der Waals surface area contributed by atoms with Gasteiger partial charge in [-0.15, -0.1) is 0 Å². The predicted molar refractivity (Wildman–Crippen MR) is 83.6 cm³/mol. The quantitative estimate of drug-likeness (QED) is 0.736. The highest BCUT2D eigenvalue weighted by atomic mass is 35.5. The van der Waals surface area contributed by atoms with E-state index in [0.29, 0.717) is 21.9 Å². The Labute approximate surface area is 134 Å². The first-order chi connectivity index (χ1) is 10.4. The molecule has 0 saturated carbocycles. The highest BCUT2D eigenvalue weighted by Crippen LogP contribution is 2.34. The van der Waals surface area contributed by atoms with Gasteiger partial charge in [0.1, 0.15) is 11.3 Å². The van der Waals surface area contributed by atoms with E-state index in [-0.39, 0.29) is 27.1 Å². The van der Waals surface area contributed by atoms with Crippen molar-refractivity contribution in [3.63, 3.8) is 0 Å². The van der Waals surface area contributed by atoms with Crippen LogP contribution in [0.3, 0.4) is 0 Å². The van der Waals surface area contributed by atoms with Gasteiger partial charge in [-0.2, -0.15) is 9.36 Å². The molecule has 114 valence electrons. The molecule has 0 unspecified atom stereocenters. The van der Waals surface area contributed by atoms with Crippen LogP contribution in [0.15, 0.2) is 28.7 Å². The molecule has 3 rings (SSSR count). The average Bonchev–Trinajstić information content (AvgIpc) is 2.92. The molecule has 3 N–H and O–H groups in total. The van der Waals surface area contributed by atoms with E-state index < -0.39 is 15.6 Å². The molecule has 0 atom stereocenters. The molecular formula is C12H9ClN4O3S2. The summed E-state index contributed by atoms with van der Waals surface area (Å²) in [5, 5.41) is 11.1. The Morgan fingerprint density at radius 3 is 2.86 bits per heavy atom. The number of nitrogens with zero attached hydrogens (tertiary/aromatic N) is 3. The molecule has 2 heterocycles. The monoisotopic (exact) mass is 356 g/mol. The molecule has 0 amide bonds. The predicted octanol–water partition coefficient (Wildman–Crippen LogP) is 2.00. The molecule has 7 nitrogen and oxygen atoms in total. The summed E-state index contributed by atoms with van der Waals surface area (Å²) in [7, 11) is -3.78. The summed E-state index contributed by atoms with van der Waals surface area (Å²) in [5.41, 5.74) is 5.73. The minimum atomic E-state index is -3.78. The Morgan fingerprint density at radius 1 is 1.41 bits per heavy atom. The molecular weight excluding hydrogens is 348 g/mol. The van der Waals surface area contributed by atoms with Crippen molar-refractivity contribution in [2.24, 2.45) is 0 Å². The van der Waals surface area contributed by atoms with Crippen LogP contribution in [0, 0.1) is 0 Å². The first-order valence-electron chi connectivity index (χ1n) is 5.95. The number of aromatic nitrogens is 3. The number of benzene rings is 1. The van der Waals surface area contributed by atoms with Gasteiger partial charge in [-0.3, -0.25) is 4.98 Å². The van der Waals surface area contributed by atoms with E-state index in [1.807, 2.05) is 0 Å². The number of fused-ring (bicyclic) bond motifs is 1. The summed E-state index contributed by atoms with van der Waals surface area (Å²) in [6, 6.07) is 4.77. The lowest BCUT2D eigenvalue weighted by atomic mass is 10.1. The Morgan fingerprint density at radius 2 is 2.18 bits per heavy atom. The molecule has 0 bridgehead atoms. The lowest BCUT2D eigenvalue weighted by Gasteiger charge is -2.08. The number of sulfone groups is 1. The third-order valence-corrected chi connectivity index (χ3v) is 6.07. The normalized spacial score (nSPS) is 11.9. The van der Waals surface area contributed by atoms with Gasteiger partial charge in [-0.25, -0.2) is 8.42 Å². The molecule has 0 spiro atoms. The second-order valence-corrected chi connectivity index (χ2v) is 7.77. The molecule has 0 saturated heterocycles. The van der Waals surface area contributed by atoms with E-state index in [2.05, 4.69) is 14.3 Å². The first-order valence-corrected chi connectivity index (χ1v) is 8.76. The maximum atomic E-state index is 12.3. The largest absolute Gasteiger partial charge is 0.505 e. The van der Waals surface area contributed by atoms with Gasteiger partial charge in [0.15, 0.2) is 0 Å². The highest BCUT2D eigenvalue weighted by Gasteiger charge is 2.23. The first kappa shape index (κ1) is 14.9. The van der Waals surface area contributed by atoms with E-state index in [1.54, 1.807) is 12.1 Å². The highest BCUT2D eigenvalue weighted by molar-refractivity contribution is 7.92. The van der Waals surface area contributed by atoms with E-state index in [4.69, 9.17) is 17.3 Å². The van der Waals surface area contributed by atoms with Crippen LogP contribution in [0.5, 0.6) is 5.75 Å². The van der Waals surface area contributed by atoms with Crippen molar-refractivity contribution in [1.29, 1.82) is 0 Å². The van der Waals surface area contributed by atoms with Gasteiger partial charge in [0.05, 0.1) is 10.8 Å². The van der Waals surface area contributed by atoms with Crippen LogP contribution in [0.2, 0.25) is 5.02 Å². The number of aromatic hydroxyl groups is 1. The molecule has 1 aromatic carbocycles. The maximum absolute atomic E-state index is 12.3. The van der Waals surface area contributed by atoms with Crippen molar-refractivity contribution in [1.82, 2.24) is 14.3 Å². The van der Waals surface area contributed by atoms with Crippen molar-refractivity contribution >= 4 is 49.8 Å². The second-order valence-electron chi connectivity index (χ2n) is 4.44. The average molecular weight is 357 g/mol. The van der Waals surface area contributed by atoms with Gasteiger partial charge in [0, 0.05) is 28.7 Å². The molecule has 0 aliphatic carbocycles. The van der Waals surface area contributed by atoms with Crippen molar-refractivity contribution in [3.05, 3.63) is 35.0 Å². The van der Waals surface area contributed by atoms with Gasteiger partial charge in [0.25, 0.3) is 0 Å². The minimum absolute atomic E-state index is 0.106. The fraction of sp³-hybridized carbons (Fsp3) is 0.0833. The molecule has 2 aromatic heterocycles. The fourth-order valence-electron chi connectivity index (χ4n) is 1.96. The topological polar surface area (TPSA) is 119 Å². The third kappa shape index (κ3) is 2.58. The van der Waals surface area contributed by atoms with E-state index in [9.17, 15) is 13.5 Å². The molecule has 0 fully saturated rings. The van der Waals surface area contributed by atoms with E-state index in [0.717, 1.165) is 0 Å².